The van der Waals surface area contributed by atoms with Crippen LogP contribution in [0.1, 0.15) is 12.8 Å². The third-order valence-electron chi connectivity index (χ3n) is 4.48. The fourth-order valence-electron chi connectivity index (χ4n) is 3.32. The molecule has 22 heavy (non-hydrogen) atoms. The van der Waals surface area contributed by atoms with Crippen molar-refractivity contribution in [1.29, 1.82) is 0 Å². The van der Waals surface area contributed by atoms with Crippen molar-refractivity contribution in [3.63, 3.8) is 0 Å². The Kier molecular flexibility index (Phi) is 3.60. The van der Waals surface area contributed by atoms with Gasteiger partial charge >= 0.3 is 0 Å². The third kappa shape index (κ3) is 2.40. The first-order chi connectivity index (χ1) is 10.8. The molecule has 2 nitrogen and oxygen atoms in total. The Morgan fingerprint density at radius 2 is 1.91 bits per heavy atom. The van der Waals surface area contributed by atoms with E-state index >= 15 is 0 Å². The SMILES string of the molecule is CNC1C=CCCC1Nc1ccc2sc3ccccc3c2c1. The third-order valence-corrected chi connectivity index (χ3v) is 5.64. The van der Waals surface area contributed by atoms with Gasteiger partial charge in [-0.3, -0.25) is 0 Å². The Hall–Kier alpha value is -1.84. The normalized spacial score (nSPS) is 21.5. The molecule has 0 spiro atoms. The molecule has 1 aliphatic carbocycles. The number of hydrogen-bond donors (Lipinski definition) is 2. The molecule has 0 aliphatic heterocycles. The minimum atomic E-state index is 0.406. The van der Waals surface area contributed by atoms with E-state index in [1.165, 1.54) is 32.3 Å². The molecule has 1 aliphatic rings. The van der Waals surface area contributed by atoms with E-state index in [1.807, 2.05) is 18.4 Å². The molecule has 1 aromatic heterocycles. The summed E-state index contributed by atoms with van der Waals surface area (Å²) in [4.78, 5) is 0. The molecule has 112 valence electrons. The lowest BCUT2D eigenvalue weighted by Crippen LogP contribution is -2.42. The van der Waals surface area contributed by atoms with Gasteiger partial charge in [0.2, 0.25) is 0 Å². The first kappa shape index (κ1) is 13.8. The highest BCUT2D eigenvalue weighted by Crippen LogP contribution is 2.35. The van der Waals surface area contributed by atoms with Crippen LogP contribution in [-0.2, 0) is 0 Å². The number of likely N-dealkylation sites (N-methyl/N-ethyl adjacent to an activating group) is 1. The maximum Gasteiger partial charge on any atom is 0.0453 e. The molecular formula is C19H20N2S. The van der Waals surface area contributed by atoms with Gasteiger partial charge in [-0.05, 0) is 44.2 Å². The van der Waals surface area contributed by atoms with Gasteiger partial charge in [-0.2, -0.15) is 0 Å². The average Bonchev–Trinajstić information content (AvgIpc) is 2.93. The molecule has 0 saturated heterocycles. The van der Waals surface area contributed by atoms with E-state index in [0.717, 1.165) is 6.42 Å². The molecule has 0 amide bonds. The Bertz CT molecular complexity index is 834. The van der Waals surface area contributed by atoms with Crippen LogP contribution < -0.4 is 10.6 Å². The standard InChI is InChI=1S/C19H20N2S/c1-20-16-7-3-4-8-17(16)21-13-10-11-19-15(12-13)14-6-2-5-9-18(14)22-19/h2-3,5-7,9-12,16-17,20-21H,4,8H2,1H3. The summed E-state index contributed by atoms with van der Waals surface area (Å²) in [5, 5.41) is 9.83. The summed E-state index contributed by atoms with van der Waals surface area (Å²) < 4.78 is 2.73. The highest BCUT2D eigenvalue weighted by molar-refractivity contribution is 7.25. The van der Waals surface area contributed by atoms with Crippen molar-refractivity contribution in [3.05, 3.63) is 54.6 Å². The highest BCUT2D eigenvalue weighted by atomic mass is 32.1. The number of thiophene rings is 1. The number of benzene rings is 2. The van der Waals surface area contributed by atoms with E-state index in [4.69, 9.17) is 0 Å². The number of fused-ring (bicyclic) bond motifs is 3. The van der Waals surface area contributed by atoms with Crippen molar-refractivity contribution in [3.8, 4) is 0 Å². The maximum atomic E-state index is 3.72. The molecule has 3 aromatic rings. The number of anilines is 1. The predicted molar refractivity (Wildman–Crippen MR) is 98.0 cm³/mol. The van der Waals surface area contributed by atoms with Crippen LogP contribution in [0.5, 0.6) is 0 Å². The van der Waals surface area contributed by atoms with Crippen molar-refractivity contribution in [2.24, 2.45) is 0 Å². The van der Waals surface area contributed by atoms with Crippen molar-refractivity contribution in [2.45, 2.75) is 24.9 Å². The van der Waals surface area contributed by atoms with E-state index in [9.17, 15) is 0 Å². The van der Waals surface area contributed by atoms with Crippen molar-refractivity contribution >= 4 is 37.2 Å². The maximum absolute atomic E-state index is 3.72. The lowest BCUT2D eigenvalue weighted by molar-refractivity contribution is 0.512. The fourth-order valence-corrected chi connectivity index (χ4v) is 4.41. The Morgan fingerprint density at radius 3 is 2.82 bits per heavy atom. The quantitative estimate of drug-likeness (QED) is 0.681. The first-order valence-corrected chi connectivity index (χ1v) is 8.68. The monoisotopic (exact) mass is 308 g/mol. The first-order valence-electron chi connectivity index (χ1n) is 7.87. The van der Waals surface area contributed by atoms with Crippen LogP contribution in [0.2, 0.25) is 0 Å². The summed E-state index contributed by atoms with van der Waals surface area (Å²) in [6.07, 6.45) is 6.87. The van der Waals surface area contributed by atoms with Gasteiger partial charge in [0.05, 0.1) is 0 Å². The zero-order valence-electron chi connectivity index (χ0n) is 12.7. The van der Waals surface area contributed by atoms with Crippen molar-refractivity contribution in [2.75, 3.05) is 12.4 Å². The van der Waals surface area contributed by atoms with Gasteiger partial charge in [-0.15, -0.1) is 11.3 Å². The summed E-state index contributed by atoms with van der Waals surface area (Å²) in [6, 6.07) is 16.3. The van der Waals surface area contributed by atoms with Crippen molar-refractivity contribution < 1.29 is 0 Å². The fraction of sp³-hybridized carbons (Fsp3) is 0.263. The molecule has 1 heterocycles. The lowest BCUT2D eigenvalue weighted by Gasteiger charge is -2.29. The van der Waals surface area contributed by atoms with Gasteiger partial charge in [0.1, 0.15) is 0 Å². The topological polar surface area (TPSA) is 24.1 Å². The summed E-state index contributed by atoms with van der Waals surface area (Å²) in [6.45, 7) is 0. The number of hydrogen-bond acceptors (Lipinski definition) is 3. The van der Waals surface area contributed by atoms with E-state index in [1.54, 1.807) is 0 Å². The van der Waals surface area contributed by atoms with Gasteiger partial charge in [-0.1, -0.05) is 30.4 Å². The zero-order chi connectivity index (χ0) is 14.9. The second-order valence-corrected chi connectivity index (χ2v) is 6.96. The molecule has 0 radical (unpaired) electrons. The molecule has 3 heteroatoms. The van der Waals surface area contributed by atoms with E-state index < -0.39 is 0 Å². The average molecular weight is 308 g/mol. The molecule has 0 bridgehead atoms. The minimum absolute atomic E-state index is 0.406. The molecule has 0 fully saturated rings. The Balaban J connectivity index is 1.70. The minimum Gasteiger partial charge on any atom is -0.380 e. The molecule has 0 saturated carbocycles. The largest absolute Gasteiger partial charge is 0.380 e. The number of rotatable bonds is 3. The van der Waals surface area contributed by atoms with Gasteiger partial charge in [0, 0.05) is 37.9 Å². The molecule has 2 aromatic carbocycles. The van der Waals surface area contributed by atoms with E-state index in [0.29, 0.717) is 12.1 Å². The van der Waals surface area contributed by atoms with Gasteiger partial charge in [0.25, 0.3) is 0 Å². The molecule has 2 atom stereocenters. The van der Waals surface area contributed by atoms with Crippen LogP contribution >= 0.6 is 11.3 Å². The van der Waals surface area contributed by atoms with Gasteiger partial charge < -0.3 is 10.6 Å². The Labute approximate surface area is 134 Å². The predicted octanol–water partition coefficient (Wildman–Crippen LogP) is 4.77. The number of nitrogens with one attached hydrogen (secondary N) is 2. The number of allylic oxidation sites excluding steroid dienone is 1. The van der Waals surface area contributed by atoms with Crippen LogP contribution in [-0.4, -0.2) is 19.1 Å². The smallest absolute Gasteiger partial charge is 0.0453 e. The summed E-state index contributed by atoms with van der Waals surface area (Å²) in [5.41, 5.74) is 1.22. The molecular weight excluding hydrogens is 288 g/mol. The van der Waals surface area contributed by atoms with E-state index in [2.05, 4.69) is 65.3 Å². The van der Waals surface area contributed by atoms with E-state index in [-0.39, 0.29) is 0 Å². The zero-order valence-corrected chi connectivity index (χ0v) is 13.5. The van der Waals surface area contributed by atoms with Crippen LogP contribution in [0, 0.1) is 0 Å². The summed E-state index contributed by atoms with van der Waals surface area (Å²) >= 11 is 1.87. The van der Waals surface area contributed by atoms with Crippen LogP contribution in [0.15, 0.2) is 54.6 Å². The van der Waals surface area contributed by atoms with Gasteiger partial charge in [-0.25, -0.2) is 0 Å². The Morgan fingerprint density at radius 1 is 1.05 bits per heavy atom. The molecule has 4 rings (SSSR count). The van der Waals surface area contributed by atoms with Crippen LogP contribution in [0.4, 0.5) is 5.69 Å². The second-order valence-electron chi connectivity index (χ2n) is 5.88. The highest BCUT2D eigenvalue weighted by Gasteiger charge is 2.20. The van der Waals surface area contributed by atoms with Crippen LogP contribution in [0.25, 0.3) is 20.2 Å². The lowest BCUT2D eigenvalue weighted by atomic mass is 9.96. The second kappa shape index (κ2) is 5.75. The summed E-state index contributed by atoms with van der Waals surface area (Å²) in [7, 11) is 2.03. The summed E-state index contributed by atoms with van der Waals surface area (Å²) in [5.74, 6) is 0. The van der Waals surface area contributed by atoms with Crippen LogP contribution in [0.3, 0.4) is 0 Å². The van der Waals surface area contributed by atoms with Crippen molar-refractivity contribution in [1.82, 2.24) is 5.32 Å². The molecule has 2 N–H and O–H groups in total. The van der Waals surface area contributed by atoms with Gasteiger partial charge in [0.15, 0.2) is 0 Å². The molecule has 2 unspecified atom stereocenters.